The molecule has 2 atom stereocenters. The molecular formula is C22H31N3O2. The fourth-order valence-corrected chi connectivity index (χ4v) is 4.92. The second kappa shape index (κ2) is 8.44. The van der Waals surface area contributed by atoms with E-state index in [1.54, 1.807) is 6.20 Å². The van der Waals surface area contributed by atoms with Crippen LogP contribution in [0.2, 0.25) is 0 Å². The summed E-state index contributed by atoms with van der Waals surface area (Å²) < 4.78 is 8.02. The first-order chi connectivity index (χ1) is 13.2. The molecule has 4 rings (SSSR count). The minimum absolute atomic E-state index is 0.0473. The van der Waals surface area contributed by atoms with E-state index < -0.39 is 0 Å². The zero-order valence-electron chi connectivity index (χ0n) is 16.2. The first kappa shape index (κ1) is 18.5. The van der Waals surface area contributed by atoms with Gasteiger partial charge in [0, 0.05) is 31.5 Å². The van der Waals surface area contributed by atoms with Gasteiger partial charge in [0.2, 0.25) is 0 Å². The highest BCUT2D eigenvalue weighted by Gasteiger charge is 2.42. The molecule has 0 radical (unpaired) electrons. The molecule has 27 heavy (non-hydrogen) atoms. The first-order valence-electron chi connectivity index (χ1n) is 10.2. The molecule has 5 heteroatoms. The van der Waals surface area contributed by atoms with Crippen LogP contribution in [0.4, 0.5) is 0 Å². The fourth-order valence-electron chi connectivity index (χ4n) is 4.92. The smallest absolute Gasteiger partial charge is 0.119 e. The van der Waals surface area contributed by atoms with E-state index in [4.69, 9.17) is 4.74 Å². The summed E-state index contributed by atoms with van der Waals surface area (Å²) in [5.41, 5.74) is 1.31. The van der Waals surface area contributed by atoms with Gasteiger partial charge in [0.05, 0.1) is 19.0 Å². The summed E-state index contributed by atoms with van der Waals surface area (Å²) in [6.45, 7) is 2.60. The lowest BCUT2D eigenvalue weighted by atomic mass is 10.0. The predicted octanol–water partition coefficient (Wildman–Crippen LogP) is 3.33. The molecule has 0 saturated heterocycles. The molecule has 146 valence electrons. The molecule has 1 aromatic heterocycles. The van der Waals surface area contributed by atoms with E-state index in [-0.39, 0.29) is 6.10 Å². The second-order valence-electron chi connectivity index (χ2n) is 8.34. The van der Waals surface area contributed by atoms with Crippen molar-refractivity contribution >= 4 is 0 Å². The summed E-state index contributed by atoms with van der Waals surface area (Å²) in [5, 5.41) is 9.84. The number of rotatable bonds is 8. The van der Waals surface area contributed by atoms with Crippen LogP contribution in [0.5, 0.6) is 5.75 Å². The van der Waals surface area contributed by atoms with Crippen LogP contribution in [0.15, 0.2) is 43.0 Å². The van der Waals surface area contributed by atoms with Crippen LogP contribution in [-0.2, 0) is 13.1 Å². The van der Waals surface area contributed by atoms with Crippen molar-refractivity contribution in [1.82, 2.24) is 14.5 Å². The molecule has 1 heterocycles. The van der Waals surface area contributed by atoms with E-state index in [2.05, 4.69) is 39.7 Å². The number of benzene rings is 1. The van der Waals surface area contributed by atoms with Gasteiger partial charge in [-0.2, -0.15) is 0 Å². The highest BCUT2D eigenvalue weighted by molar-refractivity contribution is 5.28. The summed E-state index contributed by atoms with van der Waals surface area (Å²) in [5.74, 6) is 2.42. The molecule has 1 N–H and O–H groups in total. The van der Waals surface area contributed by atoms with E-state index in [9.17, 15) is 5.11 Å². The Labute approximate surface area is 162 Å². The molecule has 2 aliphatic rings. The quantitative estimate of drug-likeness (QED) is 0.725. The van der Waals surface area contributed by atoms with E-state index in [0.29, 0.717) is 12.6 Å². The number of aliphatic hydroxyl groups is 1. The lowest BCUT2D eigenvalue weighted by Gasteiger charge is -2.25. The van der Waals surface area contributed by atoms with Crippen molar-refractivity contribution in [2.24, 2.45) is 11.8 Å². The Balaban J connectivity index is 1.24. The maximum atomic E-state index is 9.84. The van der Waals surface area contributed by atoms with Crippen LogP contribution in [0, 0.1) is 11.8 Å². The molecular weight excluding hydrogens is 338 g/mol. The molecule has 5 nitrogen and oxygen atoms in total. The Morgan fingerprint density at radius 3 is 2.78 bits per heavy atom. The molecule has 0 amide bonds. The summed E-state index contributed by atoms with van der Waals surface area (Å²) in [7, 11) is 2.24. The van der Waals surface area contributed by atoms with E-state index in [1.807, 2.05) is 18.6 Å². The highest BCUT2D eigenvalue weighted by Crippen LogP contribution is 2.45. The number of hydrogen-bond donors (Lipinski definition) is 1. The van der Waals surface area contributed by atoms with Gasteiger partial charge in [-0.05, 0) is 68.7 Å². The highest BCUT2D eigenvalue weighted by atomic mass is 16.5. The largest absolute Gasteiger partial charge is 0.494 e. The van der Waals surface area contributed by atoms with Gasteiger partial charge in [0.15, 0.2) is 0 Å². The van der Waals surface area contributed by atoms with Gasteiger partial charge >= 0.3 is 0 Å². The third kappa shape index (κ3) is 4.71. The van der Waals surface area contributed by atoms with Gasteiger partial charge in [0.25, 0.3) is 0 Å². The number of imidazole rings is 1. The average molecular weight is 370 g/mol. The van der Waals surface area contributed by atoms with Gasteiger partial charge in [-0.3, -0.25) is 4.90 Å². The van der Waals surface area contributed by atoms with Crippen molar-refractivity contribution in [3.63, 3.8) is 0 Å². The topological polar surface area (TPSA) is 50.5 Å². The summed E-state index contributed by atoms with van der Waals surface area (Å²) in [6.07, 6.45) is 11.1. The van der Waals surface area contributed by atoms with E-state index in [0.717, 1.165) is 49.9 Å². The van der Waals surface area contributed by atoms with Crippen LogP contribution < -0.4 is 4.74 Å². The first-order valence-corrected chi connectivity index (χ1v) is 10.2. The Morgan fingerprint density at radius 2 is 2.04 bits per heavy atom. The zero-order valence-corrected chi connectivity index (χ0v) is 16.2. The van der Waals surface area contributed by atoms with E-state index >= 15 is 0 Å². The van der Waals surface area contributed by atoms with Crippen molar-refractivity contribution in [2.75, 3.05) is 13.7 Å². The predicted molar refractivity (Wildman–Crippen MR) is 105 cm³/mol. The minimum Gasteiger partial charge on any atom is -0.494 e. The Hall–Kier alpha value is -1.85. The number of ether oxygens (including phenoxy) is 1. The molecule has 0 aliphatic heterocycles. The van der Waals surface area contributed by atoms with Gasteiger partial charge in [-0.15, -0.1) is 0 Å². The number of nitrogens with zero attached hydrogens (tertiary/aromatic N) is 3. The SMILES string of the molecule is CN(Cc1cccc(OCCCn2ccnc2)c1)C1C[C@@H]2CC(O)C[C@H]2C1. The van der Waals surface area contributed by atoms with Crippen molar-refractivity contribution in [2.45, 2.75) is 57.3 Å². The van der Waals surface area contributed by atoms with Crippen LogP contribution in [-0.4, -0.2) is 45.4 Å². The number of hydrogen-bond acceptors (Lipinski definition) is 4. The minimum atomic E-state index is -0.0473. The Bertz CT molecular complexity index is 704. The van der Waals surface area contributed by atoms with Gasteiger partial charge < -0.3 is 14.4 Å². The lowest BCUT2D eigenvalue weighted by molar-refractivity contribution is 0.158. The standard InChI is InChI=1S/C22H31N3O2/c1-24(20-11-18-13-21(26)14-19(18)12-20)15-17-4-2-5-22(10-17)27-9-3-7-25-8-6-23-16-25/h2,4-6,8,10,16,18-21,26H,3,7,9,11-15H2,1H3/t18-,19-,20?,21?/m1/s1. The molecule has 0 unspecified atom stereocenters. The van der Waals surface area contributed by atoms with Crippen LogP contribution >= 0.6 is 0 Å². The van der Waals surface area contributed by atoms with Crippen LogP contribution in [0.1, 0.15) is 37.7 Å². The molecule has 2 aliphatic carbocycles. The molecule has 0 spiro atoms. The molecule has 0 bridgehead atoms. The fraction of sp³-hybridized carbons (Fsp3) is 0.591. The number of aliphatic hydroxyl groups excluding tert-OH is 1. The van der Waals surface area contributed by atoms with Gasteiger partial charge in [-0.25, -0.2) is 4.98 Å². The van der Waals surface area contributed by atoms with Gasteiger partial charge in [0.1, 0.15) is 5.75 Å². The van der Waals surface area contributed by atoms with Crippen LogP contribution in [0.3, 0.4) is 0 Å². The Morgan fingerprint density at radius 1 is 1.22 bits per heavy atom. The number of fused-ring (bicyclic) bond motifs is 1. The molecule has 2 fully saturated rings. The summed E-state index contributed by atoms with van der Waals surface area (Å²) in [4.78, 5) is 6.55. The normalized spacial score (nSPS) is 23.2. The summed E-state index contributed by atoms with van der Waals surface area (Å²) in [6, 6.07) is 9.14. The zero-order chi connectivity index (χ0) is 18.6. The molecule has 2 aromatic rings. The van der Waals surface area contributed by atoms with Crippen molar-refractivity contribution < 1.29 is 9.84 Å². The van der Waals surface area contributed by atoms with Crippen LogP contribution in [0.25, 0.3) is 0 Å². The lowest BCUT2D eigenvalue weighted by Crippen LogP contribution is -2.29. The maximum Gasteiger partial charge on any atom is 0.119 e. The van der Waals surface area contributed by atoms with Crippen molar-refractivity contribution in [3.05, 3.63) is 48.5 Å². The van der Waals surface area contributed by atoms with Crippen molar-refractivity contribution in [3.8, 4) is 5.75 Å². The monoisotopic (exact) mass is 369 g/mol. The third-order valence-electron chi connectivity index (χ3n) is 6.31. The molecule has 1 aromatic carbocycles. The number of aromatic nitrogens is 2. The number of aryl methyl sites for hydroxylation is 1. The third-order valence-corrected chi connectivity index (χ3v) is 6.31. The van der Waals surface area contributed by atoms with E-state index in [1.165, 1.54) is 18.4 Å². The second-order valence-corrected chi connectivity index (χ2v) is 8.34. The van der Waals surface area contributed by atoms with Gasteiger partial charge in [-0.1, -0.05) is 12.1 Å². The maximum absolute atomic E-state index is 9.84. The summed E-state index contributed by atoms with van der Waals surface area (Å²) >= 11 is 0. The molecule has 2 saturated carbocycles. The van der Waals surface area contributed by atoms with Crippen molar-refractivity contribution in [1.29, 1.82) is 0 Å². The Kier molecular flexibility index (Phi) is 5.79. The average Bonchev–Trinajstić information content (AvgIpc) is 3.35.